The van der Waals surface area contributed by atoms with Crippen LogP contribution in [-0.4, -0.2) is 18.6 Å². The van der Waals surface area contributed by atoms with Crippen LogP contribution in [0.2, 0.25) is 5.15 Å². The number of sulfonamides is 1. The number of nitrogens with zero attached hydrogens (tertiary/aromatic N) is 2. The number of hydrogen-bond acceptors (Lipinski definition) is 4. The van der Waals surface area contributed by atoms with E-state index in [1.807, 2.05) is 0 Å². The molecule has 0 unspecified atom stereocenters. The van der Waals surface area contributed by atoms with Crippen molar-refractivity contribution in [3.05, 3.63) is 47.1 Å². The second kappa shape index (κ2) is 4.91. The van der Waals surface area contributed by atoms with Gasteiger partial charge in [0.1, 0.15) is 0 Å². The summed E-state index contributed by atoms with van der Waals surface area (Å²) in [5.74, 6) is 0.127. The van der Waals surface area contributed by atoms with E-state index in [2.05, 4.69) is 14.9 Å². The molecule has 0 atom stereocenters. The number of hydrogen-bond donors (Lipinski definition) is 1. The van der Waals surface area contributed by atoms with Gasteiger partial charge in [0.15, 0.2) is 11.0 Å². The van der Waals surface area contributed by atoms with Gasteiger partial charge in [0.2, 0.25) is 0 Å². The number of halogens is 1. The van der Waals surface area contributed by atoms with E-state index in [0.717, 1.165) is 0 Å². The van der Waals surface area contributed by atoms with Gasteiger partial charge < -0.3 is 0 Å². The van der Waals surface area contributed by atoms with Gasteiger partial charge in [0.25, 0.3) is 10.0 Å². The summed E-state index contributed by atoms with van der Waals surface area (Å²) in [5, 5.41) is 7.42. The first-order valence-electron chi connectivity index (χ1n) is 5.07. The lowest BCUT2D eigenvalue weighted by Crippen LogP contribution is -2.15. The molecule has 1 N–H and O–H groups in total. The molecule has 1 aromatic heterocycles. The van der Waals surface area contributed by atoms with Crippen molar-refractivity contribution >= 4 is 27.4 Å². The molecule has 5 nitrogen and oxygen atoms in total. The Bertz CT molecular complexity index is 656. The highest BCUT2D eigenvalue weighted by molar-refractivity contribution is 7.92. The number of aromatic nitrogens is 2. The van der Waals surface area contributed by atoms with Crippen molar-refractivity contribution in [3.8, 4) is 0 Å². The molecule has 0 aliphatic carbocycles. The fraction of sp³-hybridized carbons (Fsp3) is 0.0909. The van der Waals surface area contributed by atoms with E-state index in [4.69, 9.17) is 11.6 Å². The van der Waals surface area contributed by atoms with Crippen molar-refractivity contribution in [2.45, 2.75) is 11.8 Å². The number of nitrogens with one attached hydrogen (secondary N) is 1. The Morgan fingerprint density at radius 1 is 1.11 bits per heavy atom. The van der Waals surface area contributed by atoms with Gasteiger partial charge >= 0.3 is 0 Å². The fourth-order valence-electron chi connectivity index (χ4n) is 1.42. The quantitative estimate of drug-likeness (QED) is 0.938. The average Bonchev–Trinajstić information content (AvgIpc) is 2.32. The molecule has 18 heavy (non-hydrogen) atoms. The van der Waals surface area contributed by atoms with Crippen molar-refractivity contribution in [3.63, 3.8) is 0 Å². The average molecular weight is 284 g/mol. The minimum atomic E-state index is -3.65. The van der Waals surface area contributed by atoms with E-state index in [0.29, 0.717) is 5.56 Å². The van der Waals surface area contributed by atoms with Gasteiger partial charge in [-0.2, -0.15) is 0 Å². The highest BCUT2D eigenvalue weighted by atomic mass is 35.5. The van der Waals surface area contributed by atoms with Gasteiger partial charge in [-0.3, -0.25) is 4.72 Å². The molecular weight excluding hydrogens is 274 g/mol. The van der Waals surface area contributed by atoms with Gasteiger partial charge in [0.05, 0.1) is 4.90 Å². The summed E-state index contributed by atoms with van der Waals surface area (Å²) in [6.45, 7) is 1.72. The Morgan fingerprint density at radius 2 is 1.83 bits per heavy atom. The van der Waals surface area contributed by atoms with Gasteiger partial charge in [0, 0.05) is 0 Å². The van der Waals surface area contributed by atoms with Gasteiger partial charge in [-0.05, 0) is 30.7 Å². The van der Waals surface area contributed by atoms with E-state index in [1.165, 1.54) is 18.2 Å². The van der Waals surface area contributed by atoms with Crippen LogP contribution in [0, 0.1) is 6.92 Å². The lowest BCUT2D eigenvalue weighted by molar-refractivity contribution is 0.600. The van der Waals surface area contributed by atoms with Crippen LogP contribution >= 0.6 is 11.6 Å². The zero-order chi connectivity index (χ0) is 13.2. The SMILES string of the molecule is Cc1ccccc1S(=O)(=O)Nc1ccc(Cl)nn1. The van der Waals surface area contributed by atoms with Crippen LogP contribution in [0.15, 0.2) is 41.3 Å². The highest BCUT2D eigenvalue weighted by Gasteiger charge is 2.16. The van der Waals surface area contributed by atoms with Crippen molar-refractivity contribution < 1.29 is 8.42 Å². The van der Waals surface area contributed by atoms with Gasteiger partial charge in [-0.15, -0.1) is 10.2 Å². The summed E-state index contributed by atoms with van der Waals surface area (Å²) in [5.41, 5.74) is 0.659. The molecule has 2 rings (SSSR count). The smallest absolute Gasteiger partial charge is 0.262 e. The normalized spacial score (nSPS) is 11.2. The third-order valence-corrected chi connectivity index (χ3v) is 3.97. The molecule has 0 amide bonds. The topological polar surface area (TPSA) is 72.0 Å². The number of anilines is 1. The molecular formula is C11H10ClN3O2S. The van der Waals surface area contributed by atoms with E-state index >= 15 is 0 Å². The van der Waals surface area contributed by atoms with Gasteiger partial charge in [-0.1, -0.05) is 29.8 Å². The van der Waals surface area contributed by atoms with E-state index in [9.17, 15) is 8.42 Å². The third kappa shape index (κ3) is 2.77. The molecule has 0 spiro atoms. The highest BCUT2D eigenvalue weighted by Crippen LogP contribution is 2.17. The summed E-state index contributed by atoms with van der Waals surface area (Å²) in [6.07, 6.45) is 0. The summed E-state index contributed by atoms with van der Waals surface area (Å²) < 4.78 is 26.5. The summed E-state index contributed by atoms with van der Waals surface area (Å²) >= 11 is 5.57. The second-order valence-electron chi connectivity index (χ2n) is 3.61. The molecule has 2 aromatic rings. The monoisotopic (exact) mass is 283 g/mol. The molecule has 0 saturated heterocycles. The first kappa shape index (κ1) is 12.8. The van der Waals surface area contributed by atoms with Crippen LogP contribution in [0.3, 0.4) is 0 Å². The van der Waals surface area contributed by atoms with Crippen molar-refractivity contribution in [1.82, 2.24) is 10.2 Å². The maximum absolute atomic E-state index is 12.1. The summed E-state index contributed by atoms with van der Waals surface area (Å²) in [4.78, 5) is 0.210. The van der Waals surface area contributed by atoms with Crippen LogP contribution in [0.4, 0.5) is 5.82 Å². The van der Waals surface area contributed by atoms with Gasteiger partial charge in [-0.25, -0.2) is 8.42 Å². The van der Waals surface area contributed by atoms with Crippen LogP contribution < -0.4 is 4.72 Å². The van der Waals surface area contributed by atoms with E-state index in [-0.39, 0.29) is 15.9 Å². The number of benzene rings is 1. The Hall–Kier alpha value is -1.66. The Labute approximate surface area is 110 Å². The Morgan fingerprint density at radius 3 is 2.44 bits per heavy atom. The zero-order valence-corrected chi connectivity index (χ0v) is 11.0. The molecule has 1 heterocycles. The van der Waals surface area contributed by atoms with Crippen molar-refractivity contribution in [1.29, 1.82) is 0 Å². The minimum absolute atomic E-state index is 0.127. The molecule has 7 heteroatoms. The predicted molar refractivity (Wildman–Crippen MR) is 69.0 cm³/mol. The molecule has 0 aliphatic heterocycles. The molecule has 0 saturated carbocycles. The Balaban J connectivity index is 2.33. The third-order valence-electron chi connectivity index (χ3n) is 2.25. The van der Waals surface area contributed by atoms with E-state index in [1.54, 1.807) is 25.1 Å². The molecule has 0 radical (unpaired) electrons. The molecule has 1 aromatic carbocycles. The van der Waals surface area contributed by atoms with Crippen molar-refractivity contribution in [2.75, 3.05) is 4.72 Å². The zero-order valence-electron chi connectivity index (χ0n) is 9.46. The Kier molecular flexibility index (Phi) is 3.49. The molecule has 0 fully saturated rings. The van der Waals surface area contributed by atoms with E-state index < -0.39 is 10.0 Å². The first-order chi connectivity index (χ1) is 8.49. The molecule has 0 bridgehead atoms. The lowest BCUT2D eigenvalue weighted by Gasteiger charge is -2.08. The minimum Gasteiger partial charge on any atom is -0.262 e. The fourth-order valence-corrected chi connectivity index (χ4v) is 2.77. The van der Waals surface area contributed by atoms with Crippen LogP contribution in [-0.2, 0) is 10.0 Å². The van der Waals surface area contributed by atoms with Crippen LogP contribution in [0.5, 0.6) is 0 Å². The number of aryl methyl sites for hydroxylation is 1. The lowest BCUT2D eigenvalue weighted by atomic mass is 10.2. The van der Waals surface area contributed by atoms with Crippen LogP contribution in [0.1, 0.15) is 5.56 Å². The largest absolute Gasteiger partial charge is 0.263 e. The predicted octanol–water partition coefficient (Wildman–Crippen LogP) is 2.24. The molecule has 0 aliphatic rings. The maximum atomic E-state index is 12.1. The van der Waals surface area contributed by atoms with Crippen molar-refractivity contribution in [2.24, 2.45) is 0 Å². The second-order valence-corrected chi connectivity index (χ2v) is 5.65. The number of rotatable bonds is 3. The van der Waals surface area contributed by atoms with Crippen LogP contribution in [0.25, 0.3) is 0 Å². The standard InChI is InChI=1S/C11H10ClN3O2S/c1-8-4-2-3-5-9(8)18(16,17)15-11-7-6-10(12)13-14-11/h2-7H,1H3,(H,14,15). The molecule has 94 valence electrons. The summed E-state index contributed by atoms with van der Waals surface area (Å²) in [6, 6.07) is 9.60. The maximum Gasteiger partial charge on any atom is 0.263 e. The summed E-state index contributed by atoms with van der Waals surface area (Å²) in [7, 11) is -3.65. The first-order valence-corrected chi connectivity index (χ1v) is 6.93.